The number of hydrazone groups is 1. The molecule has 0 spiro atoms. The number of phenolic OH excluding ortho intramolecular Hbond substituents is 1. The Hall–Kier alpha value is -2.95. The number of hydrogen-bond donors (Lipinski definition) is 1. The highest BCUT2D eigenvalue weighted by molar-refractivity contribution is 9.10. The molecule has 3 rings (SSSR count). The number of carbonyl (C=O) groups is 1. The Morgan fingerprint density at radius 2 is 1.67 bits per heavy atom. The number of carbonyl (C=O) groups excluding carboxylic acids is 1. The van der Waals surface area contributed by atoms with Crippen LogP contribution in [0.3, 0.4) is 0 Å². The van der Waals surface area contributed by atoms with E-state index in [4.69, 9.17) is 4.74 Å². The first kappa shape index (κ1) is 21.8. The number of nitrogens with zero attached hydrogens (tertiary/aromatic N) is 2. The third kappa shape index (κ3) is 3.53. The van der Waals surface area contributed by atoms with Crippen molar-refractivity contribution in [1.29, 1.82) is 0 Å². The fraction of sp³-hybridized carbons (Fsp3) is 0.158. The van der Waals surface area contributed by atoms with Crippen molar-refractivity contribution in [3.05, 3.63) is 56.8 Å². The molecule has 0 aromatic heterocycles. The molecule has 5 nitrogen and oxygen atoms in total. The second-order valence-corrected chi connectivity index (χ2v) is 6.92. The van der Waals surface area contributed by atoms with Gasteiger partial charge in [-0.1, -0.05) is 0 Å². The second kappa shape index (κ2) is 8.05. The zero-order valence-electron chi connectivity index (χ0n) is 15.4. The summed E-state index contributed by atoms with van der Waals surface area (Å²) in [6, 6.07) is 2.84. The van der Waals surface area contributed by atoms with Crippen LogP contribution in [0.25, 0.3) is 6.08 Å². The summed E-state index contributed by atoms with van der Waals surface area (Å²) in [6.45, 7) is 3.26. The second-order valence-electron chi connectivity index (χ2n) is 6.06. The number of ether oxygens (including phenoxy) is 1. The first-order valence-electron chi connectivity index (χ1n) is 8.36. The first-order valence-corrected chi connectivity index (χ1v) is 9.16. The predicted octanol–water partition coefficient (Wildman–Crippen LogP) is 5.06. The fourth-order valence-corrected chi connectivity index (χ4v) is 3.18. The van der Waals surface area contributed by atoms with Crippen molar-refractivity contribution >= 4 is 39.3 Å². The molecule has 0 bridgehead atoms. The Labute approximate surface area is 175 Å². The zero-order valence-corrected chi connectivity index (χ0v) is 17.0. The van der Waals surface area contributed by atoms with E-state index in [0.717, 1.165) is 0 Å². The number of anilines is 1. The first-order chi connectivity index (χ1) is 14.1. The molecule has 1 heterocycles. The summed E-state index contributed by atoms with van der Waals surface area (Å²) in [5.41, 5.74) is -1.30. The monoisotopic (exact) mass is 490 g/mol. The Bertz CT molecular complexity index is 1100. The van der Waals surface area contributed by atoms with E-state index in [9.17, 15) is 31.9 Å². The van der Waals surface area contributed by atoms with Crippen LogP contribution in [-0.2, 0) is 4.79 Å². The average molecular weight is 491 g/mol. The molecular formula is C19H12BrF5N2O3. The van der Waals surface area contributed by atoms with Gasteiger partial charge in [0.15, 0.2) is 34.8 Å². The van der Waals surface area contributed by atoms with Crippen molar-refractivity contribution in [3.8, 4) is 11.5 Å². The molecule has 0 saturated carbocycles. The van der Waals surface area contributed by atoms with Crippen molar-refractivity contribution in [2.24, 2.45) is 5.10 Å². The molecule has 11 heteroatoms. The maximum Gasteiger partial charge on any atom is 0.280 e. The van der Waals surface area contributed by atoms with Gasteiger partial charge < -0.3 is 9.84 Å². The molecular weight excluding hydrogens is 479 g/mol. The van der Waals surface area contributed by atoms with Crippen LogP contribution < -0.4 is 9.75 Å². The molecule has 0 unspecified atom stereocenters. The van der Waals surface area contributed by atoms with Gasteiger partial charge in [0.05, 0.1) is 22.4 Å². The molecule has 158 valence electrons. The van der Waals surface area contributed by atoms with Crippen LogP contribution in [0.5, 0.6) is 11.5 Å². The molecule has 1 aliphatic rings. The number of hydrogen-bond acceptors (Lipinski definition) is 4. The van der Waals surface area contributed by atoms with Crippen molar-refractivity contribution in [1.82, 2.24) is 0 Å². The summed E-state index contributed by atoms with van der Waals surface area (Å²) in [5.74, 6) is -12.2. The zero-order chi connectivity index (χ0) is 22.3. The highest BCUT2D eigenvalue weighted by Gasteiger charge is 2.37. The van der Waals surface area contributed by atoms with E-state index in [-0.39, 0.29) is 38.9 Å². The van der Waals surface area contributed by atoms with E-state index in [1.54, 1.807) is 6.92 Å². The van der Waals surface area contributed by atoms with Crippen molar-refractivity contribution in [2.75, 3.05) is 11.6 Å². The van der Waals surface area contributed by atoms with Crippen molar-refractivity contribution in [3.63, 3.8) is 0 Å². The van der Waals surface area contributed by atoms with E-state index in [0.29, 0.717) is 5.56 Å². The van der Waals surface area contributed by atoms with Crippen LogP contribution in [0.15, 0.2) is 27.3 Å². The Morgan fingerprint density at radius 3 is 2.23 bits per heavy atom. The quantitative estimate of drug-likeness (QED) is 0.282. The molecule has 0 fully saturated rings. The topological polar surface area (TPSA) is 62.1 Å². The van der Waals surface area contributed by atoms with Gasteiger partial charge in [-0.05, 0) is 53.5 Å². The third-order valence-corrected chi connectivity index (χ3v) is 4.73. The van der Waals surface area contributed by atoms with E-state index in [2.05, 4.69) is 21.0 Å². The highest BCUT2D eigenvalue weighted by Crippen LogP contribution is 2.37. The lowest BCUT2D eigenvalue weighted by atomic mass is 10.1. The van der Waals surface area contributed by atoms with Gasteiger partial charge in [-0.3, -0.25) is 4.79 Å². The van der Waals surface area contributed by atoms with E-state index in [1.807, 2.05) is 0 Å². The van der Waals surface area contributed by atoms with Gasteiger partial charge in [0.2, 0.25) is 5.82 Å². The lowest BCUT2D eigenvalue weighted by Crippen LogP contribution is -2.25. The van der Waals surface area contributed by atoms with Crippen LogP contribution in [0.4, 0.5) is 27.6 Å². The van der Waals surface area contributed by atoms with Crippen LogP contribution >= 0.6 is 15.9 Å². The third-order valence-electron chi connectivity index (χ3n) is 4.12. The molecule has 0 aliphatic carbocycles. The number of phenols is 1. The van der Waals surface area contributed by atoms with Gasteiger partial charge in [-0.25, -0.2) is 22.0 Å². The van der Waals surface area contributed by atoms with Crippen LogP contribution in [0.1, 0.15) is 19.4 Å². The minimum absolute atomic E-state index is 0.0221. The molecule has 0 atom stereocenters. The summed E-state index contributed by atoms with van der Waals surface area (Å²) >= 11 is 3.13. The van der Waals surface area contributed by atoms with Gasteiger partial charge in [0.25, 0.3) is 5.91 Å². The molecule has 1 amide bonds. The number of halogens is 6. The van der Waals surface area contributed by atoms with E-state index >= 15 is 0 Å². The maximum atomic E-state index is 14.1. The van der Waals surface area contributed by atoms with Crippen LogP contribution in [0, 0.1) is 29.1 Å². The van der Waals surface area contributed by atoms with Crippen LogP contribution in [0.2, 0.25) is 0 Å². The molecule has 1 N–H and O–H groups in total. The Morgan fingerprint density at radius 1 is 1.10 bits per heavy atom. The number of rotatable bonds is 4. The Balaban J connectivity index is 2.08. The van der Waals surface area contributed by atoms with Crippen molar-refractivity contribution < 1.29 is 36.6 Å². The van der Waals surface area contributed by atoms with Gasteiger partial charge >= 0.3 is 0 Å². The predicted molar refractivity (Wildman–Crippen MR) is 102 cm³/mol. The summed E-state index contributed by atoms with van der Waals surface area (Å²) < 4.78 is 74.0. The lowest BCUT2D eigenvalue weighted by molar-refractivity contribution is -0.114. The van der Waals surface area contributed by atoms with E-state index < -0.39 is 40.7 Å². The largest absolute Gasteiger partial charge is 0.503 e. The van der Waals surface area contributed by atoms with E-state index in [1.165, 1.54) is 25.1 Å². The van der Waals surface area contributed by atoms with Crippen LogP contribution in [-0.4, -0.2) is 23.3 Å². The molecule has 2 aromatic carbocycles. The van der Waals surface area contributed by atoms with Gasteiger partial charge in [0.1, 0.15) is 5.69 Å². The molecule has 2 aromatic rings. The fourth-order valence-electron chi connectivity index (χ4n) is 2.72. The Kier molecular flexibility index (Phi) is 5.84. The number of aromatic hydroxyl groups is 1. The van der Waals surface area contributed by atoms with Gasteiger partial charge in [0, 0.05) is 0 Å². The number of amides is 1. The lowest BCUT2D eigenvalue weighted by Gasteiger charge is -2.15. The van der Waals surface area contributed by atoms with Gasteiger partial charge in [-0.15, -0.1) is 0 Å². The number of benzene rings is 2. The highest BCUT2D eigenvalue weighted by atomic mass is 79.9. The standard InChI is InChI=1S/C19H12BrF5N2O3/c1-3-30-11-6-8(5-10(20)18(11)28)4-9-7(2)26-27(19(9)29)17-15(24)13(22)12(21)14(23)16(17)25/h4-6,28H,3H2,1-2H3/b9-4+. The summed E-state index contributed by atoms with van der Waals surface area (Å²) in [6.07, 6.45) is 1.28. The average Bonchev–Trinajstić information content (AvgIpc) is 2.97. The molecule has 0 radical (unpaired) electrons. The normalized spacial score (nSPS) is 15.2. The van der Waals surface area contributed by atoms with Gasteiger partial charge in [-0.2, -0.15) is 10.1 Å². The molecule has 0 saturated heterocycles. The molecule has 1 aliphatic heterocycles. The maximum absolute atomic E-state index is 14.1. The molecule has 30 heavy (non-hydrogen) atoms. The minimum Gasteiger partial charge on any atom is -0.503 e. The summed E-state index contributed by atoms with van der Waals surface area (Å²) in [4.78, 5) is 12.7. The summed E-state index contributed by atoms with van der Waals surface area (Å²) in [5, 5.41) is 13.7. The summed E-state index contributed by atoms with van der Waals surface area (Å²) in [7, 11) is 0. The minimum atomic E-state index is -2.34. The SMILES string of the molecule is CCOc1cc(/C=C2/C(=O)N(c3c(F)c(F)c(F)c(F)c3F)N=C2C)cc(Br)c1O. The smallest absolute Gasteiger partial charge is 0.280 e. The van der Waals surface area contributed by atoms with Crippen molar-refractivity contribution in [2.45, 2.75) is 13.8 Å².